The molecule has 0 bridgehead atoms. The second-order valence-electron chi connectivity index (χ2n) is 8.35. The predicted octanol–water partition coefficient (Wildman–Crippen LogP) is 6.36. The van der Waals surface area contributed by atoms with E-state index >= 15 is 0 Å². The summed E-state index contributed by atoms with van der Waals surface area (Å²) in [5.74, 6) is 0.136. The minimum absolute atomic E-state index is 0.00675. The van der Waals surface area contributed by atoms with Crippen molar-refractivity contribution in [3.05, 3.63) is 40.3 Å². The summed E-state index contributed by atoms with van der Waals surface area (Å²) >= 11 is 8.45. The van der Waals surface area contributed by atoms with Gasteiger partial charge in [-0.3, -0.25) is 4.79 Å². The van der Waals surface area contributed by atoms with E-state index < -0.39 is 5.82 Å². The second-order valence-corrected chi connectivity index (χ2v) is 9.54. The lowest BCUT2D eigenvalue weighted by molar-refractivity contribution is 0.112. The summed E-state index contributed by atoms with van der Waals surface area (Å²) in [7, 11) is 6.00. The van der Waals surface area contributed by atoms with Crippen LogP contribution in [0.3, 0.4) is 0 Å². The molecule has 1 spiro atoms. The van der Waals surface area contributed by atoms with Gasteiger partial charge in [-0.05, 0) is 58.6 Å². The molecular weight excluding hydrogens is 459 g/mol. The number of anilines is 2. The Labute approximate surface area is 207 Å². The molecule has 0 amide bonds. The second kappa shape index (κ2) is 13.8. The Morgan fingerprint density at radius 1 is 1.18 bits per heavy atom. The standard InChI is InChI=1S/C18H17ClFN3O.C3H9N.C2H6S.C2H6/c19-15-11(10-3-4-13(21)12(8-24)16(10)20)7-22-17-14(15)18(9-23-17)5-1-2-6-18;1-4(2)3;1-3-2;1-2/h3-4,7-8H,1-2,5-6,9,21H2,(H,22,23);1-3H3;1-2H3;1-2H3. The SMILES string of the molecule is CC.CN(C)C.CSC.Nc1ccc(-c2cnc3c(c2Cl)C2(CCCC2)CN3)c(F)c1C=O. The lowest BCUT2D eigenvalue weighted by Gasteiger charge is -2.24. The molecule has 5 nitrogen and oxygen atoms in total. The number of halogens is 2. The average molecular weight is 497 g/mol. The van der Waals surface area contributed by atoms with E-state index in [2.05, 4.69) is 10.3 Å². The molecular formula is C25H38ClFN4OS. The van der Waals surface area contributed by atoms with Gasteiger partial charge in [-0.1, -0.05) is 38.3 Å². The topological polar surface area (TPSA) is 71.2 Å². The zero-order chi connectivity index (χ0) is 25.2. The molecule has 1 fully saturated rings. The van der Waals surface area contributed by atoms with Crippen LogP contribution in [-0.2, 0) is 5.41 Å². The van der Waals surface area contributed by atoms with E-state index in [1.54, 1.807) is 24.0 Å². The Bertz CT molecular complexity index is 915. The van der Waals surface area contributed by atoms with Gasteiger partial charge >= 0.3 is 0 Å². The summed E-state index contributed by atoms with van der Waals surface area (Å²) in [5, 5.41) is 3.85. The molecule has 33 heavy (non-hydrogen) atoms. The number of fused-ring (bicyclic) bond motifs is 2. The first-order valence-electron chi connectivity index (χ1n) is 11.2. The first-order valence-corrected chi connectivity index (χ1v) is 13.2. The van der Waals surface area contributed by atoms with Gasteiger partial charge in [0.15, 0.2) is 6.29 Å². The summed E-state index contributed by atoms with van der Waals surface area (Å²) in [6, 6.07) is 3.08. The summed E-state index contributed by atoms with van der Waals surface area (Å²) in [6.45, 7) is 4.82. The molecule has 0 radical (unpaired) electrons. The Balaban J connectivity index is 0.000000528. The number of nitrogens with two attached hydrogens (primary N) is 1. The van der Waals surface area contributed by atoms with Gasteiger partial charge < -0.3 is 16.0 Å². The lowest BCUT2D eigenvalue weighted by Crippen LogP contribution is -2.24. The predicted molar refractivity (Wildman–Crippen MR) is 143 cm³/mol. The van der Waals surface area contributed by atoms with Gasteiger partial charge in [0.1, 0.15) is 11.6 Å². The van der Waals surface area contributed by atoms with Gasteiger partial charge in [-0.25, -0.2) is 9.37 Å². The summed E-state index contributed by atoms with van der Waals surface area (Å²) in [4.78, 5) is 17.6. The number of aldehydes is 1. The van der Waals surface area contributed by atoms with Crippen molar-refractivity contribution in [1.82, 2.24) is 9.88 Å². The van der Waals surface area contributed by atoms with Gasteiger partial charge in [-0.15, -0.1) is 0 Å². The average Bonchev–Trinajstić information content (AvgIpc) is 3.39. The van der Waals surface area contributed by atoms with Gasteiger partial charge in [-0.2, -0.15) is 11.8 Å². The molecule has 1 aromatic heterocycles. The molecule has 2 aromatic rings. The number of nitrogens with one attached hydrogen (secondary N) is 1. The van der Waals surface area contributed by atoms with Crippen molar-refractivity contribution in [3.8, 4) is 11.1 Å². The highest BCUT2D eigenvalue weighted by Gasteiger charge is 2.44. The normalized spacial score (nSPS) is 14.7. The van der Waals surface area contributed by atoms with E-state index in [1.165, 1.54) is 6.07 Å². The number of thioether (sulfide) groups is 1. The molecule has 8 heteroatoms. The number of nitrogen functional groups attached to an aromatic ring is 1. The number of hydrogen-bond acceptors (Lipinski definition) is 6. The van der Waals surface area contributed by atoms with E-state index in [4.69, 9.17) is 17.3 Å². The molecule has 0 unspecified atom stereocenters. The van der Waals surface area contributed by atoms with Gasteiger partial charge in [0.05, 0.1) is 10.6 Å². The van der Waals surface area contributed by atoms with Gasteiger partial charge in [0.25, 0.3) is 0 Å². The fourth-order valence-electron chi connectivity index (χ4n) is 4.05. The van der Waals surface area contributed by atoms with Crippen LogP contribution in [0.1, 0.15) is 55.5 Å². The maximum atomic E-state index is 14.7. The third kappa shape index (κ3) is 6.84. The van der Waals surface area contributed by atoms with Crippen molar-refractivity contribution < 1.29 is 9.18 Å². The van der Waals surface area contributed by atoms with E-state index in [0.717, 1.165) is 43.6 Å². The van der Waals surface area contributed by atoms with Crippen LogP contribution in [0.4, 0.5) is 15.9 Å². The number of benzene rings is 1. The Morgan fingerprint density at radius 3 is 2.24 bits per heavy atom. The highest BCUT2D eigenvalue weighted by molar-refractivity contribution is 7.97. The Kier molecular flexibility index (Phi) is 12.2. The molecule has 1 aliphatic heterocycles. The molecule has 0 atom stereocenters. The van der Waals surface area contributed by atoms with E-state index in [-0.39, 0.29) is 22.2 Å². The number of rotatable bonds is 2. The lowest BCUT2D eigenvalue weighted by atomic mass is 9.80. The number of carbonyl (C=O) groups excluding carboxylic acids is 1. The maximum absolute atomic E-state index is 14.7. The first kappa shape index (κ1) is 29.2. The van der Waals surface area contributed by atoms with Crippen LogP contribution in [0.25, 0.3) is 11.1 Å². The molecule has 4 rings (SSSR count). The maximum Gasteiger partial charge on any atom is 0.155 e. The number of carbonyl (C=O) groups is 1. The smallest absolute Gasteiger partial charge is 0.155 e. The Morgan fingerprint density at radius 2 is 1.73 bits per heavy atom. The highest BCUT2D eigenvalue weighted by Crippen LogP contribution is 2.52. The van der Waals surface area contributed by atoms with Crippen molar-refractivity contribution in [3.63, 3.8) is 0 Å². The molecule has 1 saturated carbocycles. The minimum Gasteiger partial charge on any atom is -0.398 e. The van der Waals surface area contributed by atoms with Crippen LogP contribution in [0, 0.1) is 5.82 Å². The first-order chi connectivity index (χ1) is 15.7. The van der Waals surface area contributed by atoms with Crippen molar-refractivity contribution in [1.29, 1.82) is 0 Å². The largest absolute Gasteiger partial charge is 0.398 e. The third-order valence-electron chi connectivity index (χ3n) is 5.32. The van der Waals surface area contributed by atoms with Crippen LogP contribution in [0.2, 0.25) is 5.02 Å². The van der Waals surface area contributed by atoms with Crippen LogP contribution in [0.15, 0.2) is 18.3 Å². The highest BCUT2D eigenvalue weighted by atomic mass is 35.5. The zero-order valence-electron chi connectivity index (χ0n) is 20.9. The molecule has 3 N–H and O–H groups in total. The van der Waals surface area contributed by atoms with Crippen molar-refractivity contribution in [2.45, 2.75) is 44.9 Å². The van der Waals surface area contributed by atoms with Crippen LogP contribution in [-0.4, -0.2) is 56.4 Å². The number of aromatic nitrogens is 1. The minimum atomic E-state index is -0.653. The summed E-state index contributed by atoms with van der Waals surface area (Å²) in [6.07, 6.45) is 10.5. The summed E-state index contributed by atoms with van der Waals surface area (Å²) in [5.41, 5.74) is 7.39. The van der Waals surface area contributed by atoms with Crippen LogP contribution < -0.4 is 11.1 Å². The monoisotopic (exact) mass is 496 g/mol. The number of nitrogens with zero attached hydrogens (tertiary/aromatic N) is 2. The summed E-state index contributed by atoms with van der Waals surface area (Å²) < 4.78 is 14.7. The molecule has 1 aromatic carbocycles. The molecule has 184 valence electrons. The Hall–Kier alpha value is -1.83. The van der Waals surface area contributed by atoms with Gasteiger partial charge in [0.2, 0.25) is 0 Å². The quantitative estimate of drug-likeness (QED) is 0.372. The van der Waals surface area contributed by atoms with Crippen LogP contribution >= 0.6 is 23.4 Å². The van der Waals surface area contributed by atoms with Crippen LogP contribution in [0.5, 0.6) is 0 Å². The zero-order valence-corrected chi connectivity index (χ0v) is 22.5. The molecule has 2 heterocycles. The van der Waals surface area contributed by atoms with Crippen molar-refractivity contribution in [2.75, 3.05) is 51.2 Å². The fourth-order valence-corrected chi connectivity index (χ4v) is 4.49. The van der Waals surface area contributed by atoms with E-state index in [1.807, 2.05) is 52.4 Å². The van der Waals surface area contributed by atoms with Crippen molar-refractivity contribution >= 4 is 41.2 Å². The third-order valence-corrected chi connectivity index (χ3v) is 5.71. The van der Waals surface area contributed by atoms with Gasteiger partial charge in [0, 0.05) is 40.5 Å². The van der Waals surface area contributed by atoms with E-state index in [0.29, 0.717) is 16.9 Å². The molecule has 1 aliphatic carbocycles. The molecule has 2 aliphatic rings. The van der Waals surface area contributed by atoms with E-state index in [9.17, 15) is 9.18 Å². The van der Waals surface area contributed by atoms with Crippen molar-refractivity contribution in [2.24, 2.45) is 0 Å². The number of hydrogen-bond donors (Lipinski definition) is 2. The molecule has 0 saturated heterocycles. The number of pyridine rings is 1. The fraction of sp³-hybridized carbons (Fsp3) is 0.520.